The van der Waals surface area contributed by atoms with Crippen molar-refractivity contribution in [2.75, 3.05) is 4.90 Å². The average molecular weight is 744 g/mol. The molecule has 4 heteroatoms. The monoisotopic (exact) mass is 743 g/mol. The molecule has 12 aromatic rings. The molecule has 0 radical (unpaired) electrons. The van der Waals surface area contributed by atoms with Gasteiger partial charge in [-0.05, 0) is 82.4 Å². The Labute approximate surface area is 333 Å². The SMILES string of the molecule is c1ccc(-c2ccc(N(c3cccc(-c4cccc5oc6ccc7c8ccccc8oc7c6c45)c3)c3cccc4c3oc3c(-c5ccccc5)cccc34)cc2)cc1. The Kier molecular flexibility index (Phi) is 7.20. The maximum Gasteiger partial charge on any atom is 0.159 e. The van der Waals surface area contributed by atoms with Gasteiger partial charge in [-0.15, -0.1) is 0 Å². The molecule has 0 fully saturated rings. The molecule has 0 saturated carbocycles. The van der Waals surface area contributed by atoms with E-state index >= 15 is 0 Å². The molecule has 12 rings (SSSR count). The van der Waals surface area contributed by atoms with Crippen molar-refractivity contribution in [2.45, 2.75) is 0 Å². The summed E-state index contributed by atoms with van der Waals surface area (Å²) in [7, 11) is 0. The third kappa shape index (κ3) is 5.02. The van der Waals surface area contributed by atoms with Crippen molar-refractivity contribution in [1.29, 1.82) is 0 Å². The van der Waals surface area contributed by atoms with Crippen LogP contribution in [0.15, 0.2) is 213 Å². The molecule has 3 aromatic heterocycles. The van der Waals surface area contributed by atoms with Gasteiger partial charge in [0, 0.05) is 43.9 Å². The fraction of sp³-hybridized carbons (Fsp3) is 0. The van der Waals surface area contributed by atoms with Crippen LogP contribution in [0.3, 0.4) is 0 Å². The molecule has 9 aromatic carbocycles. The van der Waals surface area contributed by atoms with Crippen molar-refractivity contribution in [3.63, 3.8) is 0 Å². The predicted octanol–water partition coefficient (Wildman–Crippen LogP) is 15.9. The molecule has 0 saturated heterocycles. The molecule has 0 bridgehead atoms. The second-order valence-electron chi connectivity index (χ2n) is 14.8. The molecular weight excluding hydrogens is 711 g/mol. The average Bonchev–Trinajstić information content (AvgIpc) is 3.99. The zero-order valence-electron chi connectivity index (χ0n) is 31.2. The minimum atomic E-state index is 0.803. The predicted molar refractivity (Wildman–Crippen MR) is 239 cm³/mol. The van der Waals surface area contributed by atoms with Crippen LogP contribution in [0.25, 0.3) is 99.2 Å². The lowest BCUT2D eigenvalue weighted by molar-refractivity contribution is 0.663. The number of hydrogen-bond acceptors (Lipinski definition) is 4. The van der Waals surface area contributed by atoms with E-state index in [0.29, 0.717) is 0 Å². The van der Waals surface area contributed by atoms with Crippen LogP contribution in [0, 0.1) is 0 Å². The molecule has 0 unspecified atom stereocenters. The van der Waals surface area contributed by atoms with Gasteiger partial charge in [-0.2, -0.15) is 0 Å². The quantitative estimate of drug-likeness (QED) is 0.170. The van der Waals surface area contributed by atoms with Crippen molar-refractivity contribution in [3.8, 4) is 33.4 Å². The minimum Gasteiger partial charge on any atom is -0.456 e. The fourth-order valence-electron chi connectivity index (χ4n) is 8.83. The van der Waals surface area contributed by atoms with Crippen LogP contribution in [0.1, 0.15) is 0 Å². The van der Waals surface area contributed by atoms with Gasteiger partial charge in [0.1, 0.15) is 27.9 Å². The summed E-state index contributed by atoms with van der Waals surface area (Å²) in [6.45, 7) is 0. The summed E-state index contributed by atoms with van der Waals surface area (Å²) in [5.41, 5.74) is 14.7. The Morgan fingerprint density at radius 1 is 0.293 bits per heavy atom. The number of furan rings is 3. The number of benzene rings is 9. The lowest BCUT2D eigenvalue weighted by Gasteiger charge is -2.26. The lowest BCUT2D eigenvalue weighted by Crippen LogP contribution is -2.10. The van der Waals surface area contributed by atoms with Crippen LogP contribution in [0.4, 0.5) is 17.1 Å². The first-order valence-electron chi connectivity index (χ1n) is 19.6. The first-order valence-corrected chi connectivity index (χ1v) is 19.6. The normalized spacial score (nSPS) is 11.8. The van der Waals surface area contributed by atoms with Crippen molar-refractivity contribution >= 4 is 82.9 Å². The Hall–Kier alpha value is -7.82. The van der Waals surface area contributed by atoms with E-state index in [4.69, 9.17) is 13.3 Å². The second kappa shape index (κ2) is 12.9. The molecule has 0 atom stereocenters. The Morgan fingerprint density at radius 2 is 0.897 bits per heavy atom. The van der Waals surface area contributed by atoms with Crippen LogP contribution in [-0.4, -0.2) is 0 Å². The van der Waals surface area contributed by atoms with Crippen molar-refractivity contribution in [2.24, 2.45) is 0 Å². The number of nitrogens with zero attached hydrogens (tertiary/aromatic N) is 1. The molecule has 0 aliphatic carbocycles. The summed E-state index contributed by atoms with van der Waals surface area (Å²) >= 11 is 0. The number of rotatable bonds is 6. The Morgan fingerprint density at radius 3 is 1.74 bits per heavy atom. The summed E-state index contributed by atoms with van der Waals surface area (Å²) in [5, 5.41) is 6.34. The van der Waals surface area contributed by atoms with Gasteiger partial charge in [0.05, 0.1) is 11.1 Å². The van der Waals surface area contributed by atoms with Gasteiger partial charge < -0.3 is 18.2 Å². The topological polar surface area (TPSA) is 42.7 Å². The Bertz CT molecular complexity index is 3500. The molecule has 0 N–H and O–H groups in total. The fourth-order valence-corrected chi connectivity index (χ4v) is 8.83. The van der Waals surface area contributed by atoms with E-state index in [1.165, 1.54) is 5.56 Å². The smallest absolute Gasteiger partial charge is 0.159 e. The summed E-state index contributed by atoms with van der Waals surface area (Å²) in [6, 6.07) is 70.1. The molecule has 0 spiro atoms. The second-order valence-corrected chi connectivity index (χ2v) is 14.8. The highest BCUT2D eigenvalue weighted by atomic mass is 16.3. The first-order chi connectivity index (χ1) is 28.8. The van der Waals surface area contributed by atoms with E-state index in [0.717, 1.165) is 111 Å². The van der Waals surface area contributed by atoms with Crippen molar-refractivity contribution in [3.05, 3.63) is 200 Å². The van der Waals surface area contributed by atoms with E-state index in [1.807, 2.05) is 24.3 Å². The van der Waals surface area contributed by atoms with Crippen LogP contribution < -0.4 is 4.90 Å². The third-order valence-corrected chi connectivity index (χ3v) is 11.5. The minimum absolute atomic E-state index is 0.803. The van der Waals surface area contributed by atoms with E-state index < -0.39 is 0 Å². The van der Waals surface area contributed by atoms with E-state index in [2.05, 4.69) is 181 Å². The maximum absolute atomic E-state index is 7.00. The highest BCUT2D eigenvalue weighted by molar-refractivity contribution is 6.25. The third-order valence-electron chi connectivity index (χ3n) is 11.5. The number of fused-ring (bicyclic) bond motifs is 10. The lowest BCUT2D eigenvalue weighted by atomic mass is 9.97. The van der Waals surface area contributed by atoms with Crippen LogP contribution in [0.5, 0.6) is 0 Å². The van der Waals surface area contributed by atoms with Gasteiger partial charge in [-0.3, -0.25) is 0 Å². The van der Waals surface area contributed by atoms with E-state index in [-0.39, 0.29) is 0 Å². The molecule has 0 aliphatic heterocycles. The van der Waals surface area contributed by atoms with Crippen LogP contribution >= 0.6 is 0 Å². The summed E-state index contributed by atoms with van der Waals surface area (Å²) in [6.07, 6.45) is 0. The largest absolute Gasteiger partial charge is 0.456 e. The van der Waals surface area contributed by atoms with Gasteiger partial charge in [0.15, 0.2) is 5.58 Å². The number of para-hydroxylation sites is 3. The molecular formula is C54H33NO3. The summed E-state index contributed by atoms with van der Waals surface area (Å²) < 4.78 is 20.1. The van der Waals surface area contributed by atoms with Gasteiger partial charge in [0.2, 0.25) is 0 Å². The molecule has 4 nitrogen and oxygen atoms in total. The summed E-state index contributed by atoms with van der Waals surface area (Å²) in [4.78, 5) is 2.32. The zero-order chi connectivity index (χ0) is 38.2. The maximum atomic E-state index is 7.00. The first kappa shape index (κ1) is 32.4. The Balaban J connectivity index is 1.08. The number of anilines is 3. The summed E-state index contributed by atoms with van der Waals surface area (Å²) in [5.74, 6) is 0. The zero-order valence-corrected chi connectivity index (χ0v) is 31.2. The van der Waals surface area contributed by atoms with E-state index in [9.17, 15) is 0 Å². The molecule has 0 aliphatic rings. The van der Waals surface area contributed by atoms with Gasteiger partial charge in [-0.25, -0.2) is 0 Å². The standard InChI is InChI=1S/C54H33NO3/c1-3-13-34(14-4-1)35-27-29-38(30-28-35)55(46-24-11-23-44-43-22-10-21-41(52(43)58-53(44)46)36-15-5-2-6-16-36)39-18-9-17-37(33-39)40-20-12-26-48-50(40)51-49(56-48)32-31-45-42-19-7-8-25-47(42)57-54(45)51/h1-33H. The molecule has 3 heterocycles. The van der Waals surface area contributed by atoms with Crippen LogP contribution in [0.2, 0.25) is 0 Å². The van der Waals surface area contributed by atoms with Gasteiger partial charge >= 0.3 is 0 Å². The van der Waals surface area contributed by atoms with Crippen LogP contribution in [-0.2, 0) is 0 Å². The van der Waals surface area contributed by atoms with Gasteiger partial charge in [-0.1, -0.05) is 146 Å². The molecule has 0 amide bonds. The molecule has 58 heavy (non-hydrogen) atoms. The van der Waals surface area contributed by atoms with Gasteiger partial charge in [0.25, 0.3) is 0 Å². The molecule has 272 valence electrons. The van der Waals surface area contributed by atoms with Crippen molar-refractivity contribution < 1.29 is 13.3 Å². The van der Waals surface area contributed by atoms with E-state index in [1.54, 1.807) is 0 Å². The van der Waals surface area contributed by atoms with Crippen molar-refractivity contribution in [1.82, 2.24) is 0 Å². The highest BCUT2D eigenvalue weighted by Gasteiger charge is 2.23. The highest BCUT2D eigenvalue weighted by Crippen LogP contribution is 2.47. The number of hydrogen-bond donors (Lipinski definition) is 0.